The average Bonchev–Trinajstić information content (AvgIpc) is 3.19. The van der Waals surface area contributed by atoms with E-state index in [0.29, 0.717) is 0 Å². The zero-order valence-electron chi connectivity index (χ0n) is 14.1. The molecule has 4 aromatic rings. The molecule has 26 heavy (non-hydrogen) atoms. The van der Waals surface area contributed by atoms with Gasteiger partial charge in [-0.05, 0) is 38.1 Å². The van der Waals surface area contributed by atoms with Gasteiger partial charge in [-0.3, -0.25) is 4.40 Å². The van der Waals surface area contributed by atoms with Crippen LogP contribution < -0.4 is 5.32 Å². The highest BCUT2D eigenvalue weighted by Crippen LogP contribution is 2.30. The molecule has 3 heterocycles. The van der Waals surface area contributed by atoms with Crippen molar-refractivity contribution in [1.29, 1.82) is 0 Å². The lowest BCUT2D eigenvalue weighted by Gasteiger charge is -2.01. The van der Waals surface area contributed by atoms with E-state index in [0.717, 1.165) is 48.2 Å². The summed E-state index contributed by atoms with van der Waals surface area (Å²) in [4.78, 5) is 9.07. The number of fused-ring (bicyclic) bond motifs is 1. The summed E-state index contributed by atoms with van der Waals surface area (Å²) in [6.07, 6.45) is 2.03. The number of anilines is 2. The zero-order valence-corrected chi connectivity index (χ0v) is 17.3. The van der Waals surface area contributed by atoms with Gasteiger partial charge in [0.15, 0.2) is 4.34 Å². The number of hydrogen-bond acceptors (Lipinski definition) is 7. The number of halogens is 1. The molecule has 0 atom stereocenters. The van der Waals surface area contributed by atoms with E-state index in [4.69, 9.17) is 0 Å². The van der Waals surface area contributed by atoms with Gasteiger partial charge in [0.2, 0.25) is 10.9 Å². The van der Waals surface area contributed by atoms with Gasteiger partial charge in [-0.2, -0.15) is 0 Å². The van der Waals surface area contributed by atoms with Crippen molar-refractivity contribution in [3.05, 3.63) is 58.1 Å². The molecular formula is C17H15BrN6S2. The second-order valence-corrected chi connectivity index (χ2v) is 8.85. The maximum Gasteiger partial charge on any atom is 0.234 e. The lowest BCUT2D eigenvalue weighted by Crippen LogP contribution is -1.94. The van der Waals surface area contributed by atoms with Crippen molar-refractivity contribution in [1.82, 2.24) is 24.6 Å². The van der Waals surface area contributed by atoms with Gasteiger partial charge in [0, 0.05) is 33.5 Å². The molecular weight excluding hydrogens is 432 g/mol. The maximum absolute atomic E-state index is 4.60. The second kappa shape index (κ2) is 7.34. The Morgan fingerprint density at radius 2 is 2.08 bits per heavy atom. The largest absolute Gasteiger partial charge is 0.330 e. The molecule has 0 fully saturated rings. The van der Waals surface area contributed by atoms with Crippen molar-refractivity contribution in [3.8, 4) is 0 Å². The van der Waals surface area contributed by atoms with E-state index < -0.39 is 0 Å². The Hall–Kier alpha value is -1.97. The molecule has 0 saturated carbocycles. The third-order valence-electron chi connectivity index (χ3n) is 3.64. The van der Waals surface area contributed by atoms with Gasteiger partial charge in [-0.25, -0.2) is 9.97 Å². The Labute approximate surface area is 167 Å². The van der Waals surface area contributed by atoms with Crippen LogP contribution in [0.25, 0.3) is 5.78 Å². The Morgan fingerprint density at radius 1 is 1.19 bits per heavy atom. The van der Waals surface area contributed by atoms with E-state index in [-0.39, 0.29) is 0 Å². The number of benzene rings is 1. The first kappa shape index (κ1) is 17.4. The number of aromatic nitrogens is 5. The van der Waals surface area contributed by atoms with Crippen molar-refractivity contribution in [2.45, 2.75) is 23.9 Å². The molecule has 1 N–H and O–H groups in total. The first-order chi connectivity index (χ1) is 12.6. The highest BCUT2D eigenvalue weighted by molar-refractivity contribution is 9.10. The van der Waals surface area contributed by atoms with Crippen LogP contribution in [0.4, 0.5) is 10.8 Å². The van der Waals surface area contributed by atoms with Crippen LogP contribution >= 0.6 is 39.0 Å². The molecule has 1 aromatic carbocycles. The summed E-state index contributed by atoms with van der Waals surface area (Å²) >= 11 is 6.62. The average molecular weight is 447 g/mol. The van der Waals surface area contributed by atoms with Crippen molar-refractivity contribution < 1.29 is 0 Å². The van der Waals surface area contributed by atoms with Crippen molar-refractivity contribution >= 4 is 55.6 Å². The molecule has 0 aliphatic rings. The summed E-state index contributed by atoms with van der Waals surface area (Å²) in [5.41, 5.74) is 4.07. The highest BCUT2D eigenvalue weighted by Gasteiger charge is 2.09. The second-order valence-electron chi connectivity index (χ2n) is 5.74. The quantitative estimate of drug-likeness (QED) is 0.435. The molecule has 132 valence electrons. The number of imidazole rings is 1. The van der Waals surface area contributed by atoms with Crippen LogP contribution in [0, 0.1) is 13.8 Å². The van der Waals surface area contributed by atoms with Crippen LogP contribution in [0.5, 0.6) is 0 Å². The van der Waals surface area contributed by atoms with Crippen LogP contribution in [0.15, 0.2) is 45.3 Å². The Morgan fingerprint density at radius 3 is 2.92 bits per heavy atom. The topological polar surface area (TPSA) is 68.0 Å². The number of aryl methyl sites for hydroxylation is 2. The highest BCUT2D eigenvalue weighted by atomic mass is 79.9. The Balaban J connectivity index is 1.44. The summed E-state index contributed by atoms with van der Waals surface area (Å²) in [6, 6.07) is 10.0. The molecule has 3 aromatic heterocycles. The van der Waals surface area contributed by atoms with Crippen LogP contribution in [-0.4, -0.2) is 24.6 Å². The number of thioether (sulfide) groups is 1. The van der Waals surface area contributed by atoms with Crippen LogP contribution in [0.3, 0.4) is 0 Å². The lowest BCUT2D eigenvalue weighted by molar-refractivity contribution is 1.01. The molecule has 4 rings (SSSR count). The van der Waals surface area contributed by atoms with Gasteiger partial charge >= 0.3 is 0 Å². The van der Waals surface area contributed by atoms with Crippen molar-refractivity contribution in [2.75, 3.05) is 5.32 Å². The smallest absolute Gasteiger partial charge is 0.234 e. The number of hydrogen-bond donors (Lipinski definition) is 1. The fourth-order valence-corrected chi connectivity index (χ4v) is 4.59. The molecule has 0 bridgehead atoms. The van der Waals surface area contributed by atoms with E-state index in [9.17, 15) is 0 Å². The molecule has 0 amide bonds. The molecule has 0 aliphatic heterocycles. The summed E-state index contributed by atoms with van der Waals surface area (Å²) in [6.45, 7) is 4.04. The van der Waals surface area contributed by atoms with E-state index in [1.54, 1.807) is 11.8 Å². The minimum atomic E-state index is 0.730. The van der Waals surface area contributed by atoms with E-state index >= 15 is 0 Å². The first-order valence-electron chi connectivity index (χ1n) is 7.88. The summed E-state index contributed by atoms with van der Waals surface area (Å²) < 4.78 is 3.94. The minimum Gasteiger partial charge on any atom is -0.330 e. The number of nitrogens with one attached hydrogen (secondary N) is 1. The number of nitrogens with zero attached hydrogens (tertiary/aromatic N) is 5. The predicted octanol–water partition coefficient (Wildman–Crippen LogP) is 5.00. The monoisotopic (exact) mass is 446 g/mol. The predicted molar refractivity (Wildman–Crippen MR) is 109 cm³/mol. The Bertz CT molecular complexity index is 1070. The maximum atomic E-state index is 4.60. The van der Waals surface area contributed by atoms with Gasteiger partial charge in [0.1, 0.15) is 0 Å². The molecule has 9 heteroatoms. The fourth-order valence-electron chi connectivity index (χ4n) is 2.53. The van der Waals surface area contributed by atoms with Gasteiger partial charge in [-0.1, -0.05) is 45.1 Å². The minimum absolute atomic E-state index is 0.730. The van der Waals surface area contributed by atoms with Crippen LogP contribution in [0.1, 0.15) is 17.1 Å². The molecule has 0 spiro atoms. The van der Waals surface area contributed by atoms with Crippen LogP contribution in [-0.2, 0) is 5.75 Å². The Kier molecular flexibility index (Phi) is 4.92. The summed E-state index contributed by atoms with van der Waals surface area (Å²) in [7, 11) is 0. The van der Waals surface area contributed by atoms with Gasteiger partial charge in [-0.15, -0.1) is 10.2 Å². The van der Waals surface area contributed by atoms with E-state index in [1.807, 2.05) is 41.8 Å². The molecule has 0 saturated heterocycles. The third kappa shape index (κ3) is 3.89. The van der Waals surface area contributed by atoms with Crippen molar-refractivity contribution in [3.63, 3.8) is 0 Å². The van der Waals surface area contributed by atoms with Crippen molar-refractivity contribution in [2.24, 2.45) is 0 Å². The summed E-state index contributed by atoms with van der Waals surface area (Å²) in [5, 5.41) is 12.5. The zero-order chi connectivity index (χ0) is 18.1. The van der Waals surface area contributed by atoms with Gasteiger partial charge in [0.25, 0.3) is 0 Å². The molecule has 0 unspecified atom stereocenters. The fraction of sp³-hybridized carbons (Fsp3) is 0.176. The standard InChI is InChI=1S/C17H15BrN6S2/c1-10-6-11(2)24-8-14(20-15(24)19-10)9-25-17-23-22-16(26-17)21-13-5-3-4-12(18)7-13/h3-8H,9H2,1-2H3,(H,21,22). The lowest BCUT2D eigenvalue weighted by atomic mass is 10.3. The third-order valence-corrected chi connectivity index (χ3v) is 6.14. The van der Waals surface area contributed by atoms with E-state index in [1.165, 1.54) is 11.3 Å². The normalized spacial score (nSPS) is 11.2. The van der Waals surface area contributed by atoms with Gasteiger partial charge < -0.3 is 5.32 Å². The summed E-state index contributed by atoms with van der Waals surface area (Å²) in [5.74, 6) is 1.47. The van der Waals surface area contributed by atoms with Crippen LogP contribution in [0.2, 0.25) is 0 Å². The molecule has 0 radical (unpaired) electrons. The SMILES string of the molecule is Cc1cc(C)n2cc(CSc3nnc(Nc4cccc(Br)c4)s3)nc2n1. The number of rotatable bonds is 5. The van der Waals surface area contributed by atoms with E-state index in [2.05, 4.69) is 54.4 Å². The van der Waals surface area contributed by atoms with Gasteiger partial charge in [0.05, 0.1) is 5.69 Å². The first-order valence-corrected chi connectivity index (χ1v) is 10.5. The molecule has 0 aliphatic carbocycles. The molecule has 6 nitrogen and oxygen atoms in total.